The number of aliphatic hydroxyl groups excluding tert-OH is 2. The number of halogens is 1. The number of rotatable bonds is 10. The molecule has 162 valence electrons. The molecule has 4 N–H and O–H groups in total. The molecule has 0 saturated carbocycles. The zero-order valence-corrected chi connectivity index (χ0v) is 16.1. The van der Waals surface area contributed by atoms with Gasteiger partial charge >= 0.3 is 5.69 Å². The van der Waals surface area contributed by atoms with Crippen LogP contribution >= 0.6 is 0 Å². The molecule has 1 aromatic heterocycles. The zero-order chi connectivity index (χ0) is 21.6. The Balaban J connectivity index is 1.87. The van der Waals surface area contributed by atoms with Crippen LogP contribution in [0.4, 0.5) is 4.39 Å². The number of carbonyl (C=O) groups is 2. The van der Waals surface area contributed by atoms with E-state index in [1.165, 1.54) is 6.92 Å². The molecule has 0 aromatic carbocycles. The van der Waals surface area contributed by atoms with Gasteiger partial charge in [0.2, 0.25) is 5.91 Å². The van der Waals surface area contributed by atoms with Gasteiger partial charge in [-0.2, -0.15) is 4.98 Å². The Bertz CT molecular complexity index is 785. The molecule has 1 aromatic rings. The van der Waals surface area contributed by atoms with Crippen LogP contribution < -0.4 is 11.2 Å². The van der Waals surface area contributed by atoms with Crippen LogP contribution in [0.5, 0.6) is 0 Å². The van der Waals surface area contributed by atoms with Gasteiger partial charge in [-0.25, -0.2) is 14.7 Å². The first kappa shape index (κ1) is 23.1. The molecule has 1 saturated heterocycles. The Labute approximate surface area is 166 Å². The van der Waals surface area contributed by atoms with Gasteiger partial charge in [0.1, 0.15) is 18.0 Å². The van der Waals surface area contributed by atoms with Crippen molar-refractivity contribution < 1.29 is 34.1 Å². The Morgan fingerprint density at radius 3 is 2.45 bits per heavy atom. The second-order valence-corrected chi connectivity index (χ2v) is 7.10. The highest BCUT2D eigenvalue weighted by Gasteiger charge is 2.42. The van der Waals surface area contributed by atoms with Gasteiger partial charge in [0.15, 0.2) is 12.0 Å². The van der Waals surface area contributed by atoms with Crippen LogP contribution in [-0.4, -0.2) is 55.0 Å². The first-order valence-electron chi connectivity index (χ1n) is 9.48. The zero-order valence-electron chi connectivity index (χ0n) is 16.1. The van der Waals surface area contributed by atoms with Crippen LogP contribution in [-0.2, 0) is 20.7 Å². The summed E-state index contributed by atoms with van der Waals surface area (Å²) in [6.45, 7) is 1.51. The number of ether oxygens (including phenoxy) is 1. The van der Waals surface area contributed by atoms with Crippen molar-refractivity contribution in [1.82, 2.24) is 15.0 Å². The molecule has 10 nitrogen and oxygen atoms in total. The maximum absolute atomic E-state index is 14.3. The standard InChI is InChI=1S/C18H26FN3O7/c1-10-15(25)16(26)17(29-10)22-9-12(19)13(20-18(22)27)8-11(23)6-4-2-3-5-7-14(24)21-28/h9-10,15-17,25-26,28H,2-8H2,1H3,(H,21,24)/t10-,15-,16-,17-/m1/s1. The van der Waals surface area contributed by atoms with Gasteiger partial charge in [-0.15, -0.1) is 0 Å². The van der Waals surface area contributed by atoms with Crippen molar-refractivity contribution in [1.29, 1.82) is 0 Å². The summed E-state index contributed by atoms with van der Waals surface area (Å²) in [6.07, 6.45) is -1.20. The first-order chi connectivity index (χ1) is 13.7. The quantitative estimate of drug-likeness (QED) is 0.236. The summed E-state index contributed by atoms with van der Waals surface area (Å²) in [5.74, 6) is -1.61. The van der Waals surface area contributed by atoms with E-state index in [0.717, 1.165) is 10.8 Å². The molecule has 1 amide bonds. The molecule has 29 heavy (non-hydrogen) atoms. The van der Waals surface area contributed by atoms with E-state index in [9.17, 15) is 29.0 Å². The number of carbonyl (C=O) groups excluding carboxylic acids is 2. The molecule has 1 aliphatic rings. The van der Waals surface area contributed by atoms with E-state index < -0.39 is 42.0 Å². The summed E-state index contributed by atoms with van der Waals surface area (Å²) in [4.78, 5) is 38.7. The van der Waals surface area contributed by atoms with Gasteiger partial charge < -0.3 is 14.9 Å². The van der Waals surface area contributed by atoms with E-state index in [1.807, 2.05) is 0 Å². The Kier molecular flexibility index (Phi) is 8.38. The molecule has 2 rings (SSSR count). The van der Waals surface area contributed by atoms with E-state index in [2.05, 4.69) is 4.98 Å². The summed E-state index contributed by atoms with van der Waals surface area (Å²) in [6, 6.07) is 0. The van der Waals surface area contributed by atoms with Gasteiger partial charge in [-0.05, 0) is 19.8 Å². The molecule has 1 aliphatic heterocycles. The number of amides is 1. The lowest BCUT2D eigenvalue weighted by molar-refractivity contribution is -0.129. The van der Waals surface area contributed by atoms with Crippen LogP contribution in [0, 0.1) is 5.82 Å². The van der Waals surface area contributed by atoms with Crippen LogP contribution in [0.25, 0.3) is 0 Å². The third kappa shape index (κ3) is 6.13. The maximum atomic E-state index is 14.3. The minimum absolute atomic E-state index is 0.185. The van der Waals surface area contributed by atoms with Gasteiger partial charge in [-0.3, -0.25) is 19.4 Å². The molecular formula is C18H26FN3O7. The van der Waals surface area contributed by atoms with E-state index >= 15 is 0 Å². The van der Waals surface area contributed by atoms with E-state index in [4.69, 9.17) is 9.94 Å². The Morgan fingerprint density at radius 2 is 1.86 bits per heavy atom. The summed E-state index contributed by atoms with van der Waals surface area (Å²) in [7, 11) is 0. The van der Waals surface area contributed by atoms with Gasteiger partial charge in [0.05, 0.1) is 18.2 Å². The van der Waals surface area contributed by atoms with Crippen molar-refractivity contribution in [2.45, 2.75) is 76.4 Å². The predicted molar refractivity (Wildman–Crippen MR) is 96.4 cm³/mol. The number of aromatic nitrogens is 2. The third-order valence-electron chi connectivity index (χ3n) is 4.83. The fourth-order valence-electron chi connectivity index (χ4n) is 3.13. The number of nitrogens with zero attached hydrogens (tertiary/aromatic N) is 2. The van der Waals surface area contributed by atoms with E-state index in [1.54, 1.807) is 5.48 Å². The fourth-order valence-corrected chi connectivity index (χ4v) is 3.13. The number of hydroxylamine groups is 1. The second kappa shape index (κ2) is 10.5. The second-order valence-electron chi connectivity index (χ2n) is 7.10. The van der Waals surface area contributed by atoms with Crippen molar-refractivity contribution in [3.05, 3.63) is 28.2 Å². The highest BCUT2D eigenvalue weighted by Crippen LogP contribution is 2.28. The van der Waals surface area contributed by atoms with Gasteiger partial charge in [-0.1, -0.05) is 12.8 Å². The third-order valence-corrected chi connectivity index (χ3v) is 4.83. The number of unbranched alkanes of at least 4 members (excludes halogenated alkanes) is 3. The number of nitrogens with one attached hydrogen (secondary N) is 1. The van der Waals surface area contributed by atoms with E-state index in [-0.39, 0.29) is 30.7 Å². The molecule has 0 radical (unpaired) electrons. The number of hydrogen-bond acceptors (Lipinski definition) is 8. The number of aliphatic hydroxyl groups is 2. The summed E-state index contributed by atoms with van der Waals surface area (Å²) < 4.78 is 20.4. The molecule has 11 heteroatoms. The van der Waals surface area contributed by atoms with Crippen molar-refractivity contribution in [2.24, 2.45) is 0 Å². The Hall–Kier alpha value is -2.21. The molecule has 0 spiro atoms. The monoisotopic (exact) mass is 415 g/mol. The SMILES string of the molecule is C[C@H]1O[C@@H](n2cc(F)c(CC(=O)CCCCCCC(=O)NO)nc2=O)[C@H](O)[C@@H]1O. The lowest BCUT2D eigenvalue weighted by atomic mass is 10.1. The lowest BCUT2D eigenvalue weighted by Gasteiger charge is -2.17. The molecule has 1 fully saturated rings. The molecular weight excluding hydrogens is 389 g/mol. The van der Waals surface area contributed by atoms with Gasteiger partial charge in [0.25, 0.3) is 0 Å². The fraction of sp³-hybridized carbons (Fsp3) is 0.667. The van der Waals surface area contributed by atoms with Crippen LogP contribution in [0.15, 0.2) is 11.0 Å². The van der Waals surface area contributed by atoms with Crippen LogP contribution in [0.1, 0.15) is 57.4 Å². The summed E-state index contributed by atoms with van der Waals surface area (Å²) in [5.41, 5.74) is 0.375. The highest BCUT2D eigenvalue weighted by molar-refractivity contribution is 5.80. The van der Waals surface area contributed by atoms with Crippen LogP contribution in [0.3, 0.4) is 0 Å². The maximum Gasteiger partial charge on any atom is 0.350 e. The lowest BCUT2D eigenvalue weighted by Crippen LogP contribution is -2.36. The molecule has 0 bridgehead atoms. The predicted octanol–water partition coefficient (Wildman–Crippen LogP) is -0.0209. The molecule has 2 heterocycles. The van der Waals surface area contributed by atoms with Crippen LogP contribution in [0.2, 0.25) is 0 Å². The first-order valence-corrected chi connectivity index (χ1v) is 9.48. The van der Waals surface area contributed by atoms with E-state index in [0.29, 0.717) is 25.7 Å². The average Bonchev–Trinajstić information content (AvgIpc) is 2.94. The van der Waals surface area contributed by atoms with Crippen molar-refractivity contribution in [3.8, 4) is 0 Å². The minimum Gasteiger partial charge on any atom is -0.388 e. The normalized spacial score (nSPS) is 23.9. The van der Waals surface area contributed by atoms with Gasteiger partial charge in [0, 0.05) is 19.0 Å². The minimum atomic E-state index is -1.40. The molecule has 4 atom stereocenters. The van der Waals surface area contributed by atoms with Crippen molar-refractivity contribution in [2.75, 3.05) is 0 Å². The number of Topliss-reactive ketones (excluding diaryl/α,β-unsaturated/α-hetero) is 1. The largest absolute Gasteiger partial charge is 0.388 e. The Morgan fingerprint density at radius 1 is 1.21 bits per heavy atom. The number of ketones is 1. The highest BCUT2D eigenvalue weighted by atomic mass is 19.1. The summed E-state index contributed by atoms with van der Waals surface area (Å²) >= 11 is 0. The topological polar surface area (TPSA) is 151 Å². The average molecular weight is 415 g/mol. The molecule has 0 aliphatic carbocycles. The molecule has 0 unspecified atom stereocenters. The summed E-state index contributed by atoms with van der Waals surface area (Å²) in [5, 5.41) is 28.0. The smallest absolute Gasteiger partial charge is 0.350 e. The number of hydrogen-bond donors (Lipinski definition) is 4. The van der Waals surface area contributed by atoms with Crippen molar-refractivity contribution >= 4 is 11.7 Å². The van der Waals surface area contributed by atoms with Crippen molar-refractivity contribution in [3.63, 3.8) is 0 Å².